The van der Waals surface area contributed by atoms with E-state index in [9.17, 15) is 4.79 Å². The first-order chi connectivity index (χ1) is 9.58. The molecule has 0 saturated carbocycles. The molecule has 0 spiro atoms. The van der Waals surface area contributed by atoms with E-state index in [0.717, 1.165) is 24.9 Å². The van der Waals surface area contributed by atoms with Crippen LogP contribution in [0.2, 0.25) is 0 Å². The molecule has 2 rings (SSSR count). The second kappa shape index (κ2) is 6.75. The minimum Gasteiger partial charge on any atom is -0.379 e. The van der Waals surface area contributed by atoms with Crippen LogP contribution in [0.1, 0.15) is 36.2 Å². The molecule has 4 nitrogen and oxygen atoms in total. The van der Waals surface area contributed by atoms with Gasteiger partial charge >= 0.3 is 0 Å². The van der Waals surface area contributed by atoms with Gasteiger partial charge in [0, 0.05) is 38.0 Å². The first-order valence-electron chi connectivity index (χ1n) is 7.32. The van der Waals surface area contributed by atoms with E-state index < -0.39 is 0 Å². The van der Waals surface area contributed by atoms with Crippen molar-refractivity contribution in [3.8, 4) is 0 Å². The fraction of sp³-hybridized carbons (Fsp3) is 0.562. The lowest BCUT2D eigenvalue weighted by Gasteiger charge is -2.12. The number of rotatable bonds is 6. The summed E-state index contributed by atoms with van der Waals surface area (Å²) in [5.41, 5.74) is 3.26. The van der Waals surface area contributed by atoms with E-state index in [4.69, 9.17) is 4.74 Å². The number of nitrogens with zero attached hydrogens (tertiary/aromatic N) is 1. The summed E-state index contributed by atoms with van der Waals surface area (Å²) in [6, 6.07) is 5.96. The van der Waals surface area contributed by atoms with E-state index in [1.165, 1.54) is 11.3 Å². The Balaban J connectivity index is 1.81. The van der Waals surface area contributed by atoms with Gasteiger partial charge in [0.15, 0.2) is 0 Å². The van der Waals surface area contributed by atoms with Gasteiger partial charge in [0.1, 0.15) is 0 Å². The molecule has 0 fully saturated rings. The summed E-state index contributed by atoms with van der Waals surface area (Å²) in [7, 11) is 2.08. The van der Waals surface area contributed by atoms with Gasteiger partial charge in [-0.15, -0.1) is 0 Å². The summed E-state index contributed by atoms with van der Waals surface area (Å²) < 4.78 is 5.44. The van der Waals surface area contributed by atoms with Crippen molar-refractivity contribution in [2.75, 3.05) is 31.6 Å². The van der Waals surface area contributed by atoms with Crippen molar-refractivity contribution in [1.29, 1.82) is 0 Å². The maximum atomic E-state index is 12.1. The number of fused-ring (bicyclic) bond motifs is 1. The van der Waals surface area contributed by atoms with Gasteiger partial charge in [-0.1, -0.05) is 0 Å². The summed E-state index contributed by atoms with van der Waals surface area (Å²) in [4.78, 5) is 14.3. The summed E-state index contributed by atoms with van der Waals surface area (Å²) in [5.74, 6) is 0.00639. The largest absolute Gasteiger partial charge is 0.379 e. The molecule has 0 saturated heterocycles. The van der Waals surface area contributed by atoms with Gasteiger partial charge in [-0.25, -0.2) is 0 Å². The standard InChI is InChI=1S/C16H24N2O2/c1-12(2)20-10-4-8-17-16(19)14-5-6-15-13(11-14)7-9-18(15)3/h5-6,11-12H,4,7-10H2,1-3H3,(H,17,19). The SMILES string of the molecule is CC(C)OCCCNC(=O)c1ccc2c(c1)CCN2C. The fourth-order valence-electron chi connectivity index (χ4n) is 2.40. The average molecular weight is 276 g/mol. The zero-order chi connectivity index (χ0) is 14.5. The van der Waals surface area contributed by atoms with Crippen molar-refractivity contribution in [1.82, 2.24) is 5.32 Å². The first kappa shape index (κ1) is 14.9. The summed E-state index contributed by atoms with van der Waals surface area (Å²) in [6.45, 7) is 6.41. The minimum atomic E-state index is 0.00639. The molecule has 110 valence electrons. The zero-order valence-electron chi connectivity index (χ0n) is 12.6. The van der Waals surface area contributed by atoms with Crippen molar-refractivity contribution >= 4 is 11.6 Å². The predicted octanol–water partition coefficient (Wildman–Crippen LogP) is 2.22. The van der Waals surface area contributed by atoms with Crippen molar-refractivity contribution in [2.45, 2.75) is 32.8 Å². The third-order valence-electron chi connectivity index (χ3n) is 3.53. The number of benzene rings is 1. The minimum absolute atomic E-state index is 0.00639. The second-order valence-corrected chi connectivity index (χ2v) is 5.54. The van der Waals surface area contributed by atoms with Crippen LogP contribution < -0.4 is 10.2 Å². The lowest BCUT2D eigenvalue weighted by molar-refractivity contribution is 0.0757. The Morgan fingerprint density at radius 1 is 1.45 bits per heavy atom. The molecule has 0 radical (unpaired) electrons. The summed E-state index contributed by atoms with van der Waals surface area (Å²) in [5, 5.41) is 2.94. The topological polar surface area (TPSA) is 41.6 Å². The molecule has 0 aromatic heterocycles. The molecule has 1 aliphatic rings. The van der Waals surface area contributed by atoms with Gasteiger partial charge in [0.25, 0.3) is 5.91 Å². The van der Waals surface area contributed by atoms with Gasteiger partial charge in [-0.2, -0.15) is 0 Å². The molecular weight excluding hydrogens is 252 g/mol. The molecule has 0 unspecified atom stereocenters. The fourth-order valence-corrected chi connectivity index (χ4v) is 2.40. The van der Waals surface area contributed by atoms with Crippen LogP contribution in [0.5, 0.6) is 0 Å². The van der Waals surface area contributed by atoms with E-state index in [1.807, 2.05) is 32.0 Å². The van der Waals surface area contributed by atoms with Crippen molar-refractivity contribution in [2.24, 2.45) is 0 Å². The Morgan fingerprint density at radius 2 is 2.25 bits per heavy atom. The molecular formula is C16H24N2O2. The monoisotopic (exact) mass is 276 g/mol. The lowest BCUT2D eigenvalue weighted by atomic mass is 10.1. The second-order valence-electron chi connectivity index (χ2n) is 5.54. The Hall–Kier alpha value is -1.55. The van der Waals surface area contributed by atoms with Gasteiger partial charge in [-0.3, -0.25) is 4.79 Å². The maximum absolute atomic E-state index is 12.1. The Bertz CT molecular complexity index is 472. The molecule has 0 bridgehead atoms. The number of nitrogens with one attached hydrogen (secondary N) is 1. The van der Waals surface area contributed by atoms with Crippen LogP contribution in [0.25, 0.3) is 0 Å². The molecule has 1 aliphatic heterocycles. The predicted molar refractivity (Wildman–Crippen MR) is 81.5 cm³/mol. The van der Waals surface area contributed by atoms with Gasteiger partial charge < -0.3 is 15.0 Å². The molecule has 1 aromatic rings. The molecule has 4 heteroatoms. The molecule has 1 aromatic carbocycles. The van der Waals surface area contributed by atoms with E-state index in [1.54, 1.807) is 0 Å². The number of ether oxygens (including phenoxy) is 1. The zero-order valence-corrected chi connectivity index (χ0v) is 12.6. The Kier molecular flexibility index (Phi) is 5.01. The van der Waals surface area contributed by atoms with Crippen LogP contribution in [0.15, 0.2) is 18.2 Å². The highest BCUT2D eigenvalue weighted by Gasteiger charge is 2.17. The highest BCUT2D eigenvalue weighted by molar-refractivity contribution is 5.95. The molecule has 1 amide bonds. The average Bonchev–Trinajstić information content (AvgIpc) is 2.79. The Labute approximate surface area is 121 Å². The molecule has 0 aliphatic carbocycles. The van der Waals surface area contributed by atoms with Crippen molar-refractivity contribution in [3.63, 3.8) is 0 Å². The number of hydrogen-bond acceptors (Lipinski definition) is 3. The highest BCUT2D eigenvalue weighted by atomic mass is 16.5. The smallest absolute Gasteiger partial charge is 0.251 e. The highest BCUT2D eigenvalue weighted by Crippen LogP contribution is 2.27. The van der Waals surface area contributed by atoms with Crippen molar-refractivity contribution < 1.29 is 9.53 Å². The molecule has 0 atom stereocenters. The normalized spacial score (nSPS) is 13.7. The van der Waals surface area contributed by atoms with E-state index >= 15 is 0 Å². The first-order valence-corrected chi connectivity index (χ1v) is 7.32. The molecule has 20 heavy (non-hydrogen) atoms. The third kappa shape index (κ3) is 3.73. The summed E-state index contributed by atoms with van der Waals surface area (Å²) >= 11 is 0. The van der Waals surface area contributed by atoms with Crippen LogP contribution in [-0.2, 0) is 11.2 Å². The number of carbonyl (C=O) groups excluding carboxylic acids is 1. The number of anilines is 1. The van der Waals surface area contributed by atoms with Gasteiger partial charge in [0.2, 0.25) is 0 Å². The van der Waals surface area contributed by atoms with E-state index in [2.05, 4.69) is 17.3 Å². The van der Waals surface area contributed by atoms with Crippen LogP contribution in [0, 0.1) is 0 Å². The van der Waals surface area contributed by atoms with Crippen LogP contribution in [0.3, 0.4) is 0 Å². The number of carbonyl (C=O) groups is 1. The van der Waals surface area contributed by atoms with Crippen LogP contribution in [-0.4, -0.2) is 38.8 Å². The van der Waals surface area contributed by atoms with E-state index in [0.29, 0.717) is 13.2 Å². The molecule has 1 N–H and O–H groups in total. The number of likely N-dealkylation sites (N-methyl/N-ethyl adjacent to an activating group) is 1. The van der Waals surface area contributed by atoms with Gasteiger partial charge in [-0.05, 0) is 50.5 Å². The quantitative estimate of drug-likeness (QED) is 0.810. The van der Waals surface area contributed by atoms with Crippen LogP contribution >= 0.6 is 0 Å². The molecule has 1 heterocycles. The number of amides is 1. The lowest BCUT2D eigenvalue weighted by Crippen LogP contribution is -2.25. The third-order valence-corrected chi connectivity index (χ3v) is 3.53. The number of hydrogen-bond donors (Lipinski definition) is 1. The Morgan fingerprint density at radius 3 is 3.00 bits per heavy atom. The van der Waals surface area contributed by atoms with Gasteiger partial charge in [0.05, 0.1) is 6.10 Å². The summed E-state index contributed by atoms with van der Waals surface area (Å²) in [6.07, 6.45) is 2.12. The maximum Gasteiger partial charge on any atom is 0.251 e. The van der Waals surface area contributed by atoms with E-state index in [-0.39, 0.29) is 12.0 Å². The van der Waals surface area contributed by atoms with Crippen LogP contribution in [0.4, 0.5) is 5.69 Å². The van der Waals surface area contributed by atoms with Crippen molar-refractivity contribution in [3.05, 3.63) is 29.3 Å².